The van der Waals surface area contributed by atoms with Crippen LogP contribution in [0.4, 0.5) is 5.69 Å². The average Bonchev–Trinajstić information content (AvgIpc) is 3.20. The molecule has 4 nitrogen and oxygen atoms in total. The summed E-state index contributed by atoms with van der Waals surface area (Å²) in [6, 6.07) is 20.1. The van der Waals surface area contributed by atoms with Gasteiger partial charge in [-0.2, -0.15) is 0 Å². The molecule has 1 amide bonds. The van der Waals surface area contributed by atoms with Crippen molar-refractivity contribution in [2.45, 2.75) is 13.3 Å². The van der Waals surface area contributed by atoms with E-state index < -0.39 is 0 Å². The monoisotopic (exact) mass is 367 g/mol. The predicted octanol–water partition coefficient (Wildman–Crippen LogP) is 5.44. The van der Waals surface area contributed by atoms with Gasteiger partial charge in [0.05, 0.1) is 0 Å². The summed E-state index contributed by atoms with van der Waals surface area (Å²) < 4.78 is 0. The van der Waals surface area contributed by atoms with E-state index in [0.29, 0.717) is 0 Å². The quantitative estimate of drug-likeness (QED) is 0.461. The summed E-state index contributed by atoms with van der Waals surface area (Å²) >= 11 is 0. The number of amides is 1. The summed E-state index contributed by atoms with van der Waals surface area (Å²) in [5.41, 5.74) is 5.96. The number of pyridine rings is 1. The Hall–Kier alpha value is -3.66. The Morgan fingerprint density at radius 2 is 1.96 bits per heavy atom. The van der Waals surface area contributed by atoms with Crippen molar-refractivity contribution >= 4 is 28.7 Å². The number of hydrogen-bond acceptors (Lipinski definition) is 2. The number of fused-ring (bicyclic) bond motifs is 1. The number of aromatic amines is 1. The summed E-state index contributed by atoms with van der Waals surface area (Å²) in [6.45, 7) is 2.09. The van der Waals surface area contributed by atoms with Gasteiger partial charge in [-0.05, 0) is 59.5 Å². The van der Waals surface area contributed by atoms with Gasteiger partial charge in [0, 0.05) is 35.1 Å². The van der Waals surface area contributed by atoms with Crippen molar-refractivity contribution in [3.8, 4) is 11.1 Å². The number of H-pyrrole nitrogens is 1. The molecule has 2 N–H and O–H groups in total. The van der Waals surface area contributed by atoms with Gasteiger partial charge in [-0.3, -0.25) is 4.79 Å². The summed E-state index contributed by atoms with van der Waals surface area (Å²) in [7, 11) is 0. The number of anilines is 1. The lowest BCUT2D eigenvalue weighted by Gasteiger charge is -2.05. The average molecular weight is 367 g/mol. The van der Waals surface area contributed by atoms with E-state index in [1.165, 1.54) is 5.56 Å². The van der Waals surface area contributed by atoms with Gasteiger partial charge in [0.2, 0.25) is 5.91 Å². The van der Waals surface area contributed by atoms with Crippen LogP contribution in [0.5, 0.6) is 0 Å². The Morgan fingerprint density at radius 1 is 1.07 bits per heavy atom. The van der Waals surface area contributed by atoms with E-state index in [9.17, 15) is 4.79 Å². The molecule has 0 bridgehead atoms. The molecule has 4 aromatic rings. The highest BCUT2D eigenvalue weighted by Gasteiger charge is 2.03. The zero-order valence-corrected chi connectivity index (χ0v) is 15.6. The molecule has 0 saturated heterocycles. The molecule has 0 aliphatic heterocycles. The number of hydrogen-bond donors (Lipinski definition) is 2. The van der Waals surface area contributed by atoms with Crippen molar-refractivity contribution in [1.29, 1.82) is 0 Å². The summed E-state index contributed by atoms with van der Waals surface area (Å²) in [5.74, 6) is -0.144. The van der Waals surface area contributed by atoms with Gasteiger partial charge < -0.3 is 10.3 Å². The summed E-state index contributed by atoms with van der Waals surface area (Å²) in [6.07, 6.45) is 8.07. The van der Waals surface area contributed by atoms with E-state index in [1.807, 2.05) is 60.9 Å². The van der Waals surface area contributed by atoms with Crippen LogP contribution in [0.25, 0.3) is 28.2 Å². The van der Waals surface area contributed by atoms with Gasteiger partial charge in [0.1, 0.15) is 5.65 Å². The van der Waals surface area contributed by atoms with Gasteiger partial charge in [0.25, 0.3) is 0 Å². The third-order valence-corrected chi connectivity index (χ3v) is 4.65. The lowest BCUT2D eigenvalue weighted by Crippen LogP contribution is -2.07. The molecular weight excluding hydrogens is 346 g/mol. The number of benzene rings is 2. The maximum absolute atomic E-state index is 12.2. The number of nitrogens with one attached hydrogen (secondary N) is 2. The second kappa shape index (κ2) is 7.92. The number of aromatic nitrogens is 2. The van der Waals surface area contributed by atoms with Crippen molar-refractivity contribution in [3.05, 3.63) is 90.3 Å². The largest absolute Gasteiger partial charge is 0.346 e. The fourth-order valence-electron chi connectivity index (χ4n) is 3.14. The highest BCUT2D eigenvalue weighted by molar-refractivity contribution is 6.02. The molecule has 4 heteroatoms. The minimum atomic E-state index is -0.144. The maximum atomic E-state index is 12.2. The highest BCUT2D eigenvalue weighted by atomic mass is 16.1. The number of carbonyl (C=O) groups is 1. The summed E-state index contributed by atoms with van der Waals surface area (Å²) in [4.78, 5) is 19.8. The lowest BCUT2D eigenvalue weighted by atomic mass is 10.0. The second-order valence-corrected chi connectivity index (χ2v) is 6.64. The Morgan fingerprint density at radius 3 is 2.86 bits per heavy atom. The molecular formula is C24H21N3O. The van der Waals surface area contributed by atoms with E-state index in [2.05, 4.69) is 40.4 Å². The van der Waals surface area contributed by atoms with Gasteiger partial charge in [0.15, 0.2) is 0 Å². The first-order valence-electron chi connectivity index (χ1n) is 9.33. The summed E-state index contributed by atoms with van der Waals surface area (Å²) in [5, 5.41) is 3.99. The number of aryl methyl sites for hydroxylation is 1. The molecule has 0 fully saturated rings. The van der Waals surface area contributed by atoms with E-state index in [4.69, 9.17) is 0 Å². The van der Waals surface area contributed by atoms with Gasteiger partial charge in [-0.1, -0.05) is 37.3 Å². The third-order valence-electron chi connectivity index (χ3n) is 4.65. The van der Waals surface area contributed by atoms with Crippen LogP contribution in [0, 0.1) is 0 Å². The molecule has 0 aliphatic carbocycles. The van der Waals surface area contributed by atoms with E-state index in [1.54, 1.807) is 6.08 Å². The molecule has 138 valence electrons. The molecule has 0 aliphatic rings. The first-order valence-corrected chi connectivity index (χ1v) is 9.33. The van der Waals surface area contributed by atoms with Crippen molar-refractivity contribution < 1.29 is 4.79 Å². The molecule has 28 heavy (non-hydrogen) atoms. The smallest absolute Gasteiger partial charge is 0.248 e. The number of carbonyl (C=O) groups excluding carboxylic acids is 1. The van der Waals surface area contributed by atoms with E-state index >= 15 is 0 Å². The predicted molar refractivity (Wildman–Crippen MR) is 115 cm³/mol. The van der Waals surface area contributed by atoms with Crippen LogP contribution in [0.3, 0.4) is 0 Å². The van der Waals surface area contributed by atoms with Gasteiger partial charge in [-0.15, -0.1) is 0 Å². The van der Waals surface area contributed by atoms with Crippen LogP contribution in [-0.2, 0) is 11.2 Å². The number of nitrogens with zero attached hydrogens (tertiary/aromatic N) is 1. The zero-order valence-electron chi connectivity index (χ0n) is 15.6. The first-order chi connectivity index (χ1) is 13.7. The van der Waals surface area contributed by atoms with Crippen LogP contribution in [-0.4, -0.2) is 15.9 Å². The molecule has 0 unspecified atom stereocenters. The van der Waals surface area contributed by atoms with Crippen molar-refractivity contribution in [2.24, 2.45) is 0 Å². The minimum Gasteiger partial charge on any atom is -0.346 e. The second-order valence-electron chi connectivity index (χ2n) is 6.64. The topological polar surface area (TPSA) is 57.8 Å². The van der Waals surface area contributed by atoms with Crippen molar-refractivity contribution in [2.75, 3.05) is 5.32 Å². The maximum Gasteiger partial charge on any atom is 0.248 e. The Labute approximate surface area is 164 Å². The SMILES string of the molecule is CCc1cccc(NC(=O)C=Cc2cccc(-c3cnc4[nH]ccc4c3)c2)c1. The Bertz CT molecular complexity index is 1160. The molecule has 0 atom stereocenters. The lowest BCUT2D eigenvalue weighted by molar-refractivity contribution is -0.111. The van der Waals surface area contributed by atoms with Crippen LogP contribution in [0.1, 0.15) is 18.1 Å². The fourth-order valence-corrected chi connectivity index (χ4v) is 3.14. The number of rotatable bonds is 5. The minimum absolute atomic E-state index is 0.144. The van der Waals surface area contributed by atoms with Gasteiger partial charge in [-0.25, -0.2) is 4.98 Å². The molecule has 0 radical (unpaired) electrons. The van der Waals surface area contributed by atoms with E-state index in [0.717, 1.165) is 39.8 Å². The highest BCUT2D eigenvalue weighted by Crippen LogP contribution is 2.23. The van der Waals surface area contributed by atoms with Crippen LogP contribution in [0.15, 0.2) is 79.1 Å². The Balaban J connectivity index is 1.50. The molecule has 0 saturated carbocycles. The molecule has 2 aromatic carbocycles. The molecule has 2 aromatic heterocycles. The van der Waals surface area contributed by atoms with Crippen LogP contribution >= 0.6 is 0 Å². The van der Waals surface area contributed by atoms with Crippen LogP contribution < -0.4 is 5.32 Å². The standard InChI is InChI=1S/C24H21N3O/c1-2-17-5-4-8-22(14-17)27-23(28)10-9-18-6-3-7-19(13-18)21-15-20-11-12-25-24(20)26-16-21/h3-16H,2H2,1H3,(H,25,26)(H,27,28). The molecule has 0 spiro atoms. The normalized spacial score (nSPS) is 11.2. The van der Waals surface area contributed by atoms with E-state index in [-0.39, 0.29) is 5.91 Å². The Kier molecular flexibility index (Phi) is 5.02. The van der Waals surface area contributed by atoms with Crippen molar-refractivity contribution in [1.82, 2.24) is 9.97 Å². The van der Waals surface area contributed by atoms with Crippen molar-refractivity contribution in [3.63, 3.8) is 0 Å². The zero-order chi connectivity index (χ0) is 19.3. The third kappa shape index (κ3) is 4.01. The van der Waals surface area contributed by atoms with Crippen LogP contribution in [0.2, 0.25) is 0 Å². The molecule has 2 heterocycles. The molecule has 4 rings (SSSR count). The first kappa shape index (κ1) is 17.7. The van der Waals surface area contributed by atoms with Gasteiger partial charge >= 0.3 is 0 Å². The fraction of sp³-hybridized carbons (Fsp3) is 0.0833.